The van der Waals surface area contributed by atoms with Crippen molar-refractivity contribution in [2.45, 2.75) is 0 Å². The van der Waals surface area contributed by atoms with Crippen LogP contribution in [0.25, 0.3) is 0 Å². The molecule has 2 rings (SSSR count). The zero-order chi connectivity index (χ0) is 11.7. The average Bonchev–Trinajstić information content (AvgIpc) is 2.63. The van der Waals surface area contributed by atoms with Crippen molar-refractivity contribution in [1.29, 1.82) is 0 Å². The van der Waals surface area contributed by atoms with Crippen molar-refractivity contribution in [1.82, 2.24) is 4.98 Å². The second-order valence-electron chi connectivity index (χ2n) is 2.91. The highest BCUT2D eigenvalue weighted by atomic mass is 35.5. The van der Waals surface area contributed by atoms with Gasteiger partial charge in [-0.1, -0.05) is 34.8 Å². The van der Waals surface area contributed by atoms with Gasteiger partial charge in [-0.2, -0.15) is 0 Å². The van der Waals surface area contributed by atoms with Crippen LogP contribution in [0.4, 0.5) is 0 Å². The summed E-state index contributed by atoms with van der Waals surface area (Å²) in [6.07, 6.45) is 1.38. The maximum Gasteiger partial charge on any atom is 0.224 e. The van der Waals surface area contributed by atoms with E-state index in [1.807, 2.05) is 0 Å². The highest BCUT2D eigenvalue weighted by Crippen LogP contribution is 2.27. The summed E-state index contributed by atoms with van der Waals surface area (Å²) >= 11 is 18.7. The summed E-state index contributed by atoms with van der Waals surface area (Å²) in [5.41, 5.74) is 0.162. The Morgan fingerprint density at radius 3 is 2.56 bits per heavy atom. The minimum Gasteiger partial charge on any atom is -0.286 e. The molecule has 2 aromatic rings. The molecule has 82 valence electrons. The summed E-state index contributed by atoms with van der Waals surface area (Å²) in [5.74, 6) is -0.290. The number of hydrogen-bond donors (Lipinski definition) is 0. The SMILES string of the molecule is O=C(c1ncc(Cl)cc1Cl)c1sccc1Cl. The molecule has 0 bridgehead atoms. The molecule has 0 aliphatic heterocycles. The van der Waals surface area contributed by atoms with Gasteiger partial charge in [-0.25, -0.2) is 4.98 Å². The van der Waals surface area contributed by atoms with E-state index in [1.165, 1.54) is 23.6 Å². The third kappa shape index (κ3) is 2.23. The van der Waals surface area contributed by atoms with Crippen molar-refractivity contribution in [3.63, 3.8) is 0 Å². The van der Waals surface area contributed by atoms with E-state index >= 15 is 0 Å². The van der Waals surface area contributed by atoms with E-state index in [0.29, 0.717) is 14.9 Å². The van der Waals surface area contributed by atoms with Crippen LogP contribution in [0.3, 0.4) is 0 Å². The number of hydrogen-bond acceptors (Lipinski definition) is 3. The van der Waals surface area contributed by atoms with Gasteiger partial charge in [0.2, 0.25) is 5.78 Å². The van der Waals surface area contributed by atoms with Gasteiger partial charge in [-0.3, -0.25) is 4.79 Å². The van der Waals surface area contributed by atoms with Gasteiger partial charge in [0.1, 0.15) is 5.69 Å². The fourth-order valence-electron chi connectivity index (χ4n) is 1.14. The largest absolute Gasteiger partial charge is 0.286 e. The highest BCUT2D eigenvalue weighted by Gasteiger charge is 2.18. The topological polar surface area (TPSA) is 30.0 Å². The number of thiophene rings is 1. The molecule has 16 heavy (non-hydrogen) atoms. The van der Waals surface area contributed by atoms with Crippen LogP contribution in [0.5, 0.6) is 0 Å². The molecule has 0 saturated heterocycles. The second kappa shape index (κ2) is 4.72. The highest BCUT2D eigenvalue weighted by molar-refractivity contribution is 7.13. The van der Waals surface area contributed by atoms with Crippen LogP contribution in [0.2, 0.25) is 15.1 Å². The molecule has 0 radical (unpaired) electrons. The molecule has 0 spiro atoms. The van der Waals surface area contributed by atoms with Crippen LogP contribution in [0.1, 0.15) is 15.4 Å². The van der Waals surface area contributed by atoms with Gasteiger partial charge in [0.15, 0.2) is 0 Å². The minimum atomic E-state index is -0.290. The lowest BCUT2D eigenvalue weighted by Crippen LogP contribution is -2.03. The first kappa shape index (κ1) is 11.9. The lowest BCUT2D eigenvalue weighted by molar-refractivity contribution is 0.103. The number of halogens is 3. The zero-order valence-electron chi connectivity index (χ0n) is 7.71. The number of ketones is 1. The number of carbonyl (C=O) groups excluding carboxylic acids is 1. The van der Waals surface area contributed by atoms with Gasteiger partial charge in [-0.05, 0) is 17.5 Å². The lowest BCUT2D eigenvalue weighted by atomic mass is 10.2. The first-order chi connectivity index (χ1) is 7.59. The van der Waals surface area contributed by atoms with Gasteiger partial charge >= 0.3 is 0 Å². The Morgan fingerprint density at radius 2 is 2.00 bits per heavy atom. The molecule has 0 aliphatic rings. The van der Waals surface area contributed by atoms with Gasteiger partial charge < -0.3 is 0 Å². The maximum atomic E-state index is 12.0. The second-order valence-corrected chi connectivity index (χ2v) is 5.08. The Kier molecular flexibility index (Phi) is 3.50. The van der Waals surface area contributed by atoms with Crippen molar-refractivity contribution in [2.24, 2.45) is 0 Å². The standard InChI is InChI=1S/C10H4Cl3NOS/c11-5-3-7(13)8(14-4-5)9(15)10-6(12)1-2-16-10/h1-4H. The van der Waals surface area contributed by atoms with Crippen LogP contribution < -0.4 is 0 Å². The average molecular weight is 293 g/mol. The molecule has 6 heteroatoms. The molecular weight excluding hydrogens is 289 g/mol. The molecule has 0 aliphatic carbocycles. The lowest BCUT2D eigenvalue weighted by Gasteiger charge is -2.01. The number of aromatic nitrogens is 1. The normalized spacial score (nSPS) is 10.4. The fraction of sp³-hybridized carbons (Fsp3) is 0. The van der Waals surface area contributed by atoms with E-state index < -0.39 is 0 Å². The molecule has 0 fully saturated rings. The molecule has 2 heterocycles. The van der Waals surface area contributed by atoms with Crippen molar-refractivity contribution in [2.75, 3.05) is 0 Å². The number of pyridine rings is 1. The van der Waals surface area contributed by atoms with Gasteiger partial charge in [0.05, 0.1) is 19.9 Å². The van der Waals surface area contributed by atoms with Crippen LogP contribution in [-0.4, -0.2) is 10.8 Å². The molecule has 0 aromatic carbocycles. The summed E-state index contributed by atoms with van der Waals surface area (Å²) < 4.78 is 0. The fourth-order valence-corrected chi connectivity index (χ4v) is 2.69. The first-order valence-corrected chi connectivity index (χ1v) is 6.19. The molecule has 0 unspecified atom stereocenters. The minimum absolute atomic E-state index is 0.162. The molecule has 0 atom stereocenters. The Labute approximate surface area is 111 Å². The predicted octanol–water partition coefficient (Wildman–Crippen LogP) is 4.33. The molecule has 2 nitrogen and oxygen atoms in total. The van der Waals surface area contributed by atoms with E-state index in [0.717, 1.165) is 0 Å². The van der Waals surface area contributed by atoms with Crippen LogP contribution >= 0.6 is 46.1 Å². The smallest absolute Gasteiger partial charge is 0.224 e. The Bertz CT molecular complexity index is 553. The zero-order valence-corrected chi connectivity index (χ0v) is 10.8. The van der Waals surface area contributed by atoms with Crippen molar-refractivity contribution in [3.05, 3.63) is 49.3 Å². The molecule has 0 amide bonds. The summed E-state index contributed by atoms with van der Waals surface area (Å²) in [6, 6.07) is 3.13. The molecule has 2 aromatic heterocycles. The third-order valence-corrected chi connectivity index (χ3v) is 3.68. The van der Waals surface area contributed by atoms with E-state index in [4.69, 9.17) is 34.8 Å². The number of carbonyl (C=O) groups is 1. The molecular formula is C10H4Cl3NOS. The Balaban J connectivity index is 2.46. The van der Waals surface area contributed by atoms with Crippen LogP contribution in [-0.2, 0) is 0 Å². The summed E-state index contributed by atoms with van der Waals surface area (Å²) in [5, 5.41) is 2.75. The van der Waals surface area contributed by atoms with Gasteiger partial charge in [-0.15, -0.1) is 11.3 Å². The van der Waals surface area contributed by atoms with Crippen molar-refractivity contribution < 1.29 is 4.79 Å². The predicted molar refractivity (Wildman–Crippen MR) is 67.0 cm³/mol. The molecule has 0 N–H and O–H groups in total. The Morgan fingerprint density at radius 1 is 1.25 bits per heavy atom. The number of nitrogens with zero attached hydrogens (tertiary/aromatic N) is 1. The van der Waals surface area contributed by atoms with E-state index in [1.54, 1.807) is 11.4 Å². The quantitative estimate of drug-likeness (QED) is 0.771. The van der Waals surface area contributed by atoms with E-state index in [-0.39, 0.29) is 16.5 Å². The number of rotatable bonds is 2. The van der Waals surface area contributed by atoms with Gasteiger partial charge in [0.25, 0.3) is 0 Å². The monoisotopic (exact) mass is 291 g/mol. The van der Waals surface area contributed by atoms with E-state index in [2.05, 4.69) is 4.98 Å². The van der Waals surface area contributed by atoms with Crippen molar-refractivity contribution >= 4 is 51.9 Å². The molecule has 0 saturated carbocycles. The van der Waals surface area contributed by atoms with Crippen LogP contribution in [0, 0.1) is 0 Å². The summed E-state index contributed by atoms with van der Waals surface area (Å²) in [6.45, 7) is 0. The Hall–Kier alpha value is -0.610. The van der Waals surface area contributed by atoms with Gasteiger partial charge in [0, 0.05) is 6.20 Å². The summed E-state index contributed by atoms with van der Waals surface area (Å²) in [4.78, 5) is 16.3. The van der Waals surface area contributed by atoms with Crippen molar-refractivity contribution in [3.8, 4) is 0 Å². The first-order valence-electron chi connectivity index (χ1n) is 4.18. The van der Waals surface area contributed by atoms with E-state index in [9.17, 15) is 4.79 Å². The van der Waals surface area contributed by atoms with Crippen LogP contribution in [0.15, 0.2) is 23.7 Å². The third-order valence-electron chi connectivity index (χ3n) is 1.85. The summed E-state index contributed by atoms with van der Waals surface area (Å²) in [7, 11) is 0. The maximum absolute atomic E-state index is 12.0.